The van der Waals surface area contributed by atoms with Gasteiger partial charge < -0.3 is 26.2 Å². The van der Waals surface area contributed by atoms with Crippen LogP contribution in [0.1, 0.15) is 49.7 Å². The van der Waals surface area contributed by atoms with E-state index >= 15 is 0 Å². The third kappa shape index (κ3) is 7.67. The Morgan fingerprint density at radius 2 is 1.12 bits per heavy atom. The second kappa shape index (κ2) is 13.5. The molecule has 2 aliphatic rings. The van der Waals surface area contributed by atoms with Gasteiger partial charge in [0.15, 0.2) is 0 Å². The smallest absolute Gasteiger partial charge is 0.241 e. The summed E-state index contributed by atoms with van der Waals surface area (Å²) in [6.07, 6.45) is 6.09. The molecule has 40 heavy (non-hydrogen) atoms. The minimum absolute atomic E-state index is 0.00929. The summed E-state index contributed by atoms with van der Waals surface area (Å²) in [7, 11) is 0. The van der Waals surface area contributed by atoms with E-state index in [0.29, 0.717) is 13.1 Å². The maximum absolute atomic E-state index is 13.7. The molecule has 2 aliphatic heterocycles. The van der Waals surface area contributed by atoms with E-state index in [-0.39, 0.29) is 29.7 Å². The third-order valence-corrected chi connectivity index (χ3v) is 7.64. The Morgan fingerprint density at radius 3 is 1.52 bits per heavy atom. The second-order valence-corrected chi connectivity index (χ2v) is 10.7. The van der Waals surface area contributed by atoms with Gasteiger partial charge in [0.25, 0.3) is 0 Å². The molecule has 2 heterocycles. The number of hydrogen-bond acceptors (Lipinski definition) is 5. The van der Waals surface area contributed by atoms with Crippen LogP contribution in [0.15, 0.2) is 72.8 Å². The molecule has 3 aromatic rings. The first-order chi connectivity index (χ1) is 19.5. The topological polar surface area (TPSA) is 85.5 Å². The lowest BCUT2D eigenvalue weighted by Crippen LogP contribution is -2.43. The highest BCUT2D eigenvalue weighted by molar-refractivity contribution is 5.95. The summed E-state index contributed by atoms with van der Waals surface area (Å²) in [6.45, 7) is 2.98. The lowest BCUT2D eigenvalue weighted by atomic mass is 10.0. The van der Waals surface area contributed by atoms with Crippen molar-refractivity contribution in [2.24, 2.45) is 0 Å². The summed E-state index contributed by atoms with van der Waals surface area (Å²) in [5.74, 6) is -0.256. The molecule has 0 aromatic heterocycles. The SMILES string of the molecule is O=C(Nc1ccc(CN(Cc2ccc(NC(=O)C3CCCCN3)cc2)c2ccc(F)cc2)cc1)C1CCCCN1. The minimum Gasteiger partial charge on any atom is -0.363 e. The van der Waals surface area contributed by atoms with Gasteiger partial charge in [-0.05, 0) is 98.4 Å². The highest BCUT2D eigenvalue weighted by atomic mass is 19.1. The van der Waals surface area contributed by atoms with Gasteiger partial charge in [-0.15, -0.1) is 0 Å². The number of amides is 2. The van der Waals surface area contributed by atoms with Crippen LogP contribution in [0.2, 0.25) is 0 Å². The summed E-state index contributed by atoms with van der Waals surface area (Å²) in [5, 5.41) is 12.6. The van der Waals surface area contributed by atoms with Crippen LogP contribution < -0.4 is 26.2 Å². The number of rotatable bonds is 9. The Kier molecular flexibility index (Phi) is 9.42. The molecular formula is C32H38FN5O2. The predicted molar refractivity (Wildman–Crippen MR) is 158 cm³/mol. The number of halogens is 1. The highest BCUT2D eigenvalue weighted by Gasteiger charge is 2.21. The first kappa shape index (κ1) is 27.8. The van der Waals surface area contributed by atoms with Crippen LogP contribution in [-0.4, -0.2) is 37.0 Å². The fourth-order valence-corrected chi connectivity index (χ4v) is 5.33. The summed E-state index contributed by atoms with van der Waals surface area (Å²) in [5.41, 5.74) is 4.60. The van der Waals surface area contributed by atoms with Crippen molar-refractivity contribution in [2.75, 3.05) is 28.6 Å². The molecule has 2 fully saturated rings. The summed E-state index contributed by atoms with van der Waals surface area (Å²) in [6, 6.07) is 22.0. The normalized spacial score (nSPS) is 19.0. The van der Waals surface area contributed by atoms with Gasteiger partial charge >= 0.3 is 0 Å². The van der Waals surface area contributed by atoms with Gasteiger partial charge in [0, 0.05) is 30.2 Å². The molecule has 0 saturated carbocycles. The molecular weight excluding hydrogens is 505 g/mol. The quantitative estimate of drug-likeness (QED) is 0.298. The fourth-order valence-electron chi connectivity index (χ4n) is 5.33. The first-order valence-corrected chi connectivity index (χ1v) is 14.3. The van der Waals surface area contributed by atoms with E-state index in [2.05, 4.69) is 26.2 Å². The molecule has 4 N–H and O–H groups in total. The molecule has 2 saturated heterocycles. The summed E-state index contributed by atoms with van der Waals surface area (Å²) < 4.78 is 13.7. The van der Waals surface area contributed by atoms with Crippen molar-refractivity contribution < 1.29 is 14.0 Å². The number of carbonyl (C=O) groups excluding carboxylic acids is 2. The van der Waals surface area contributed by atoms with Crippen LogP contribution in [0, 0.1) is 5.82 Å². The Balaban J connectivity index is 1.23. The van der Waals surface area contributed by atoms with Gasteiger partial charge in [-0.3, -0.25) is 9.59 Å². The zero-order valence-electron chi connectivity index (χ0n) is 22.8. The number of benzene rings is 3. The Morgan fingerprint density at radius 1 is 0.675 bits per heavy atom. The van der Waals surface area contributed by atoms with Gasteiger partial charge in [-0.2, -0.15) is 0 Å². The van der Waals surface area contributed by atoms with E-state index in [1.807, 2.05) is 48.5 Å². The van der Waals surface area contributed by atoms with Crippen molar-refractivity contribution in [2.45, 2.75) is 63.7 Å². The van der Waals surface area contributed by atoms with Crippen molar-refractivity contribution in [3.8, 4) is 0 Å². The monoisotopic (exact) mass is 543 g/mol. The van der Waals surface area contributed by atoms with Gasteiger partial charge in [0.05, 0.1) is 12.1 Å². The number of carbonyl (C=O) groups is 2. The van der Waals surface area contributed by atoms with Crippen LogP contribution in [0.4, 0.5) is 21.5 Å². The van der Waals surface area contributed by atoms with Crippen molar-refractivity contribution in [3.63, 3.8) is 0 Å². The molecule has 2 atom stereocenters. The maximum atomic E-state index is 13.7. The molecule has 0 spiro atoms. The van der Waals surface area contributed by atoms with E-state index in [1.165, 1.54) is 12.1 Å². The molecule has 210 valence electrons. The zero-order valence-corrected chi connectivity index (χ0v) is 22.8. The number of nitrogens with one attached hydrogen (secondary N) is 4. The van der Waals surface area contributed by atoms with Crippen LogP contribution in [0.3, 0.4) is 0 Å². The molecule has 0 bridgehead atoms. The number of piperidine rings is 2. The van der Waals surface area contributed by atoms with E-state index in [9.17, 15) is 14.0 Å². The fraction of sp³-hybridized carbons (Fsp3) is 0.375. The average Bonchev–Trinajstić information content (AvgIpc) is 3.00. The largest absolute Gasteiger partial charge is 0.363 e. The third-order valence-electron chi connectivity index (χ3n) is 7.64. The Labute approximate surface area is 235 Å². The van der Waals surface area contributed by atoms with Crippen LogP contribution >= 0.6 is 0 Å². The average molecular weight is 544 g/mol. The van der Waals surface area contributed by atoms with E-state index < -0.39 is 0 Å². The molecule has 5 rings (SSSR count). The molecule has 8 heteroatoms. The molecule has 2 unspecified atom stereocenters. The van der Waals surface area contributed by atoms with Crippen LogP contribution in [0.5, 0.6) is 0 Å². The number of hydrogen-bond donors (Lipinski definition) is 4. The highest BCUT2D eigenvalue weighted by Crippen LogP contribution is 2.23. The molecule has 0 radical (unpaired) electrons. The van der Waals surface area contributed by atoms with E-state index in [0.717, 1.165) is 79.8 Å². The summed E-state index contributed by atoms with van der Waals surface area (Å²) in [4.78, 5) is 27.3. The van der Waals surface area contributed by atoms with Crippen LogP contribution in [0.25, 0.3) is 0 Å². The van der Waals surface area contributed by atoms with Crippen molar-refractivity contribution >= 4 is 28.9 Å². The Hall–Kier alpha value is -3.75. The summed E-state index contributed by atoms with van der Waals surface area (Å²) >= 11 is 0. The van der Waals surface area contributed by atoms with E-state index in [1.54, 1.807) is 12.1 Å². The Bertz CT molecular complexity index is 1170. The van der Waals surface area contributed by atoms with Gasteiger partial charge in [-0.1, -0.05) is 37.1 Å². The number of anilines is 3. The lowest BCUT2D eigenvalue weighted by molar-refractivity contribution is -0.119. The predicted octanol–water partition coefficient (Wildman–Crippen LogP) is 5.19. The molecule has 2 amide bonds. The first-order valence-electron chi connectivity index (χ1n) is 14.3. The van der Waals surface area contributed by atoms with Gasteiger partial charge in [0.2, 0.25) is 11.8 Å². The van der Waals surface area contributed by atoms with Gasteiger partial charge in [0.1, 0.15) is 5.82 Å². The van der Waals surface area contributed by atoms with Crippen molar-refractivity contribution in [1.82, 2.24) is 10.6 Å². The lowest BCUT2D eigenvalue weighted by Gasteiger charge is -2.26. The van der Waals surface area contributed by atoms with Gasteiger partial charge in [-0.25, -0.2) is 4.39 Å². The maximum Gasteiger partial charge on any atom is 0.241 e. The van der Waals surface area contributed by atoms with Crippen molar-refractivity contribution in [1.29, 1.82) is 0 Å². The molecule has 0 aliphatic carbocycles. The number of nitrogens with zero attached hydrogens (tertiary/aromatic N) is 1. The van der Waals surface area contributed by atoms with Crippen LogP contribution in [-0.2, 0) is 22.7 Å². The minimum atomic E-state index is -0.274. The molecule has 3 aromatic carbocycles. The second-order valence-electron chi connectivity index (χ2n) is 10.7. The zero-order chi connectivity index (χ0) is 27.7. The van der Waals surface area contributed by atoms with E-state index in [4.69, 9.17) is 0 Å². The van der Waals surface area contributed by atoms with Crippen molar-refractivity contribution in [3.05, 3.63) is 89.7 Å². The standard InChI is InChI=1S/C32H38FN5O2/c33-25-11-17-28(18-12-25)38(21-23-7-13-26(14-8-23)36-31(39)29-5-1-3-19-34-29)22-24-9-15-27(16-10-24)37-32(40)30-6-2-4-20-35-30/h7-18,29-30,34-35H,1-6,19-22H2,(H,36,39)(H,37,40). The molecule has 7 nitrogen and oxygen atoms in total.